The summed E-state index contributed by atoms with van der Waals surface area (Å²) in [6.07, 6.45) is 2.25. The first-order chi connectivity index (χ1) is 12.2. The fourth-order valence-electron chi connectivity index (χ4n) is 3.33. The van der Waals surface area contributed by atoms with Crippen LogP contribution in [0.25, 0.3) is 0 Å². The Hall–Kier alpha value is -2.33. The topological polar surface area (TPSA) is 41.6 Å². The quantitative estimate of drug-likeness (QED) is 0.881. The number of methoxy groups -OCH3 is 1. The molecule has 25 heavy (non-hydrogen) atoms. The summed E-state index contributed by atoms with van der Waals surface area (Å²) < 4.78 is 5.33. The molecule has 0 spiro atoms. The number of fused-ring (bicyclic) bond motifs is 1. The number of nitrogens with one attached hydrogen (secondary N) is 1. The summed E-state index contributed by atoms with van der Waals surface area (Å²) in [6.45, 7) is 1.59. The van der Waals surface area contributed by atoms with Crippen LogP contribution >= 0.6 is 0 Å². The zero-order valence-corrected chi connectivity index (χ0v) is 15.0. The molecule has 0 saturated carbocycles. The Morgan fingerprint density at radius 3 is 2.76 bits per heavy atom. The average Bonchev–Trinajstić information content (AvgIpc) is 2.65. The van der Waals surface area contributed by atoms with E-state index in [0.29, 0.717) is 19.0 Å². The number of ether oxygens (including phenoxy) is 1. The van der Waals surface area contributed by atoms with E-state index in [1.165, 1.54) is 16.7 Å². The van der Waals surface area contributed by atoms with Crippen LogP contribution in [0.1, 0.15) is 23.1 Å². The van der Waals surface area contributed by atoms with Crippen LogP contribution in [-0.2, 0) is 24.2 Å². The number of carbonyl (C=O) groups excluding carboxylic acids is 1. The third kappa shape index (κ3) is 4.60. The first-order valence-corrected chi connectivity index (χ1v) is 8.82. The van der Waals surface area contributed by atoms with Crippen molar-refractivity contribution in [3.05, 3.63) is 65.2 Å². The minimum Gasteiger partial charge on any atom is -0.497 e. The summed E-state index contributed by atoms with van der Waals surface area (Å²) in [5.74, 6) is 1.02. The van der Waals surface area contributed by atoms with Crippen LogP contribution in [0.5, 0.6) is 5.75 Å². The first kappa shape index (κ1) is 17.5. The Kier molecular flexibility index (Phi) is 5.71. The van der Waals surface area contributed by atoms with Crippen molar-refractivity contribution in [2.75, 3.05) is 20.7 Å². The summed E-state index contributed by atoms with van der Waals surface area (Å²) in [5.41, 5.74) is 3.87. The molecule has 1 atom stereocenters. The second kappa shape index (κ2) is 8.17. The molecule has 4 heteroatoms. The van der Waals surface area contributed by atoms with E-state index in [1.54, 1.807) is 7.11 Å². The maximum Gasteiger partial charge on any atom is 0.220 e. The van der Waals surface area contributed by atoms with Crippen molar-refractivity contribution in [3.8, 4) is 5.75 Å². The van der Waals surface area contributed by atoms with E-state index in [0.717, 1.165) is 25.1 Å². The first-order valence-electron chi connectivity index (χ1n) is 8.82. The van der Waals surface area contributed by atoms with Crippen LogP contribution in [-0.4, -0.2) is 37.6 Å². The van der Waals surface area contributed by atoms with Crippen LogP contribution in [0.15, 0.2) is 48.5 Å². The lowest BCUT2D eigenvalue weighted by molar-refractivity contribution is -0.121. The standard InChI is InChI=1S/C21H26N2O2/c1-23-15-17-9-10-20(25-2)13-18(17)12-19(23)14-22-21(24)11-8-16-6-4-3-5-7-16/h3-7,9-10,13,19H,8,11-12,14-15H2,1-2H3,(H,22,24). The van der Waals surface area contributed by atoms with Gasteiger partial charge in [-0.15, -0.1) is 0 Å². The molecule has 1 heterocycles. The molecular weight excluding hydrogens is 312 g/mol. The number of rotatable bonds is 6. The Labute approximate surface area is 149 Å². The summed E-state index contributed by atoms with van der Waals surface area (Å²) in [4.78, 5) is 14.5. The number of hydrogen-bond donors (Lipinski definition) is 1. The van der Waals surface area contributed by atoms with Crippen LogP contribution in [0, 0.1) is 0 Å². The number of nitrogens with zero attached hydrogens (tertiary/aromatic N) is 1. The molecule has 2 aromatic rings. The molecule has 0 bridgehead atoms. The van der Waals surface area contributed by atoms with Gasteiger partial charge in [-0.25, -0.2) is 0 Å². The van der Waals surface area contributed by atoms with E-state index in [2.05, 4.69) is 41.5 Å². The molecule has 3 rings (SSSR count). The number of amides is 1. The van der Waals surface area contributed by atoms with Crippen LogP contribution in [0.4, 0.5) is 0 Å². The molecule has 1 aliphatic heterocycles. The van der Waals surface area contributed by atoms with Crippen LogP contribution in [0.2, 0.25) is 0 Å². The highest BCUT2D eigenvalue weighted by Gasteiger charge is 2.24. The highest BCUT2D eigenvalue weighted by atomic mass is 16.5. The molecular formula is C21H26N2O2. The van der Waals surface area contributed by atoms with Gasteiger partial charge in [0.25, 0.3) is 0 Å². The van der Waals surface area contributed by atoms with Gasteiger partial charge in [-0.05, 0) is 48.7 Å². The zero-order valence-electron chi connectivity index (χ0n) is 15.0. The normalized spacial score (nSPS) is 17.0. The lowest BCUT2D eigenvalue weighted by atomic mass is 9.94. The van der Waals surface area contributed by atoms with Crippen molar-refractivity contribution in [1.82, 2.24) is 10.2 Å². The smallest absolute Gasteiger partial charge is 0.220 e. The zero-order chi connectivity index (χ0) is 17.6. The van der Waals surface area contributed by atoms with Crippen molar-refractivity contribution in [2.24, 2.45) is 0 Å². The van der Waals surface area contributed by atoms with Gasteiger partial charge in [0, 0.05) is 25.6 Å². The number of carbonyl (C=O) groups is 1. The Balaban J connectivity index is 1.51. The van der Waals surface area contributed by atoms with E-state index in [4.69, 9.17) is 4.74 Å². The van der Waals surface area contributed by atoms with Crippen molar-refractivity contribution < 1.29 is 9.53 Å². The van der Waals surface area contributed by atoms with E-state index in [1.807, 2.05) is 24.3 Å². The van der Waals surface area contributed by atoms with Gasteiger partial charge in [-0.3, -0.25) is 9.69 Å². The number of benzene rings is 2. The lowest BCUT2D eigenvalue weighted by Gasteiger charge is -2.34. The third-order valence-electron chi connectivity index (χ3n) is 4.93. The maximum absolute atomic E-state index is 12.2. The molecule has 1 unspecified atom stereocenters. The van der Waals surface area contributed by atoms with E-state index >= 15 is 0 Å². The fraction of sp³-hybridized carbons (Fsp3) is 0.381. The molecule has 0 radical (unpaired) electrons. The fourth-order valence-corrected chi connectivity index (χ4v) is 3.33. The molecule has 1 aliphatic rings. The second-order valence-corrected chi connectivity index (χ2v) is 6.70. The molecule has 132 valence electrons. The van der Waals surface area contributed by atoms with Crippen LogP contribution in [0.3, 0.4) is 0 Å². The molecule has 0 saturated heterocycles. The van der Waals surface area contributed by atoms with Crippen molar-refractivity contribution in [2.45, 2.75) is 31.8 Å². The van der Waals surface area contributed by atoms with Gasteiger partial charge >= 0.3 is 0 Å². The SMILES string of the molecule is COc1ccc2c(c1)CC(CNC(=O)CCc1ccccc1)N(C)C2. The number of hydrogen-bond acceptors (Lipinski definition) is 3. The highest BCUT2D eigenvalue weighted by molar-refractivity contribution is 5.76. The van der Waals surface area contributed by atoms with Gasteiger partial charge in [0.15, 0.2) is 0 Å². The average molecular weight is 338 g/mol. The Bertz CT molecular complexity index is 715. The van der Waals surface area contributed by atoms with Crippen molar-refractivity contribution >= 4 is 5.91 Å². The van der Waals surface area contributed by atoms with E-state index < -0.39 is 0 Å². The van der Waals surface area contributed by atoms with Crippen molar-refractivity contribution in [3.63, 3.8) is 0 Å². The summed E-state index contributed by atoms with van der Waals surface area (Å²) in [6, 6.07) is 16.7. The summed E-state index contributed by atoms with van der Waals surface area (Å²) >= 11 is 0. The van der Waals surface area contributed by atoms with Gasteiger partial charge in [-0.2, -0.15) is 0 Å². The Morgan fingerprint density at radius 2 is 2.00 bits per heavy atom. The minimum absolute atomic E-state index is 0.119. The predicted molar refractivity (Wildman–Crippen MR) is 99.7 cm³/mol. The molecule has 1 amide bonds. The molecule has 0 aromatic heterocycles. The number of likely N-dealkylation sites (N-methyl/N-ethyl adjacent to an activating group) is 1. The second-order valence-electron chi connectivity index (χ2n) is 6.70. The van der Waals surface area contributed by atoms with E-state index in [9.17, 15) is 4.79 Å². The van der Waals surface area contributed by atoms with Gasteiger partial charge in [0.1, 0.15) is 5.75 Å². The van der Waals surface area contributed by atoms with Crippen molar-refractivity contribution in [1.29, 1.82) is 0 Å². The monoisotopic (exact) mass is 338 g/mol. The molecule has 0 aliphatic carbocycles. The molecule has 0 fully saturated rings. The molecule has 1 N–H and O–H groups in total. The van der Waals surface area contributed by atoms with Crippen LogP contribution < -0.4 is 10.1 Å². The minimum atomic E-state index is 0.119. The molecule has 2 aromatic carbocycles. The van der Waals surface area contributed by atoms with Gasteiger partial charge in [-0.1, -0.05) is 36.4 Å². The highest BCUT2D eigenvalue weighted by Crippen LogP contribution is 2.25. The lowest BCUT2D eigenvalue weighted by Crippen LogP contribution is -2.45. The third-order valence-corrected chi connectivity index (χ3v) is 4.93. The maximum atomic E-state index is 12.2. The van der Waals surface area contributed by atoms with Gasteiger partial charge < -0.3 is 10.1 Å². The largest absolute Gasteiger partial charge is 0.497 e. The van der Waals surface area contributed by atoms with Gasteiger partial charge in [0.2, 0.25) is 5.91 Å². The van der Waals surface area contributed by atoms with Gasteiger partial charge in [0.05, 0.1) is 7.11 Å². The summed E-state index contributed by atoms with van der Waals surface area (Å²) in [5, 5.41) is 3.10. The summed E-state index contributed by atoms with van der Waals surface area (Å²) in [7, 11) is 3.81. The number of aryl methyl sites for hydroxylation is 1. The molecule has 4 nitrogen and oxygen atoms in total. The predicted octanol–water partition coefficient (Wildman–Crippen LogP) is 2.80. The van der Waals surface area contributed by atoms with E-state index in [-0.39, 0.29) is 5.91 Å². The Morgan fingerprint density at radius 1 is 1.20 bits per heavy atom.